The fraction of sp³-hybridized carbons (Fsp3) is 0.158. The molecule has 0 atom stereocenters. The van der Waals surface area contributed by atoms with Crippen molar-refractivity contribution in [1.29, 1.82) is 0 Å². The molecular weight excluding hydrogens is 276 g/mol. The lowest BCUT2D eigenvalue weighted by Crippen LogP contribution is -1.94. The number of hydrogen-bond acceptors (Lipinski definition) is 3. The molecule has 2 aromatic rings. The lowest BCUT2D eigenvalue weighted by Gasteiger charge is -2.01. The summed E-state index contributed by atoms with van der Waals surface area (Å²) in [5.74, 6) is 0.878. The van der Waals surface area contributed by atoms with E-state index in [1.165, 1.54) is 0 Å². The van der Waals surface area contributed by atoms with E-state index in [0.717, 1.165) is 28.9 Å². The Labute approximate surface area is 129 Å². The maximum atomic E-state index is 12.1. The number of fused-ring (bicyclic) bond motifs is 1. The number of allylic oxidation sites excluding steroid dienone is 1. The number of methoxy groups -OCH3 is 1. The largest absolute Gasteiger partial charge is 0.497 e. The number of benzene rings is 2. The van der Waals surface area contributed by atoms with Crippen LogP contribution in [-0.4, -0.2) is 18.7 Å². The van der Waals surface area contributed by atoms with Gasteiger partial charge < -0.3 is 4.74 Å². The molecule has 0 spiro atoms. The van der Waals surface area contributed by atoms with Gasteiger partial charge in [-0.1, -0.05) is 24.3 Å². The minimum Gasteiger partial charge on any atom is -0.497 e. The molecule has 0 N–H and O–H groups in total. The van der Waals surface area contributed by atoms with Crippen LogP contribution in [0.15, 0.2) is 48.5 Å². The van der Waals surface area contributed by atoms with Gasteiger partial charge in [0.25, 0.3) is 0 Å². The van der Waals surface area contributed by atoms with Crippen LogP contribution in [0.2, 0.25) is 0 Å². The summed E-state index contributed by atoms with van der Waals surface area (Å²) in [6, 6.07) is 12.7. The monoisotopic (exact) mass is 292 g/mol. The number of hydrogen-bond donors (Lipinski definition) is 0. The number of ether oxygens (including phenoxy) is 1. The van der Waals surface area contributed by atoms with Gasteiger partial charge in [-0.3, -0.25) is 9.59 Å². The fourth-order valence-corrected chi connectivity index (χ4v) is 2.60. The summed E-state index contributed by atoms with van der Waals surface area (Å²) in [6.07, 6.45) is 4.73. The summed E-state index contributed by atoms with van der Waals surface area (Å²) in [5.41, 5.74) is 3.45. The molecule has 0 heterocycles. The van der Waals surface area contributed by atoms with Gasteiger partial charge in [0.05, 0.1) is 7.11 Å². The Hall–Kier alpha value is -2.68. The van der Waals surface area contributed by atoms with Gasteiger partial charge in [-0.05, 0) is 47.9 Å². The lowest BCUT2D eigenvalue weighted by atomic mass is 10.0. The number of Topliss-reactive ketones (excluding diaryl/α,β-unsaturated/α-hetero) is 1. The van der Waals surface area contributed by atoms with Gasteiger partial charge in [-0.2, -0.15) is 0 Å². The molecule has 0 unspecified atom stereocenters. The summed E-state index contributed by atoms with van der Waals surface area (Å²) >= 11 is 0. The first-order chi connectivity index (χ1) is 10.7. The minimum absolute atomic E-state index is 0.0563. The first-order valence-corrected chi connectivity index (χ1v) is 7.20. The Morgan fingerprint density at radius 1 is 1.09 bits per heavy atom. The van der Waals surface area contributed by atoms with Crippen molar-refractivity contribution in [2.24, 2.45) is 0 Å². The van der Waals surface area contributed by atoms with Crippen LogP contribution in [0.4, 0.5) is 0 Å². The topological polar surface area (TPSA) is 43.4 Å². The van der Waals surface area contributed by atoms with E-state index in [9.17, 15) is 9.59 Å². The lowest BCUT2D eigenvalue weighted by molar-refractivity contribution is 0.0993. The highest BCUT2D eigenvalue weighted by Gasteiger charge is 2.18. The van der Waals surface area contributed by atoms with E-state index in [1.807, 2.05) is 18.2 Å². The highest BCUT2D eigenvalue weighted by Crippen LogP contribution is 2.23. The second-order valence-electron chi connectivity index (χ2n) is 5.27. The molecule has 0 bridgehead atoms. The van der Waals surface area contributed by atoms with Crippen molar-refractivity contribution in [2.75, 3.05) is 7.11 Å². The van der Waals surface area contributed by atoms with Gasteiger partial charge in [0.15, 0.2) is 11.6 Å². The Kier molecular flexibility index (Phi) is 3.88. The molecule has 0 amide bonds. The summed E-state index contributed by atoms with van der Waals surface area (Å²) in [7, 11) is 1.59. The van der Waals surface area contributed by atoms with Crippen LogP contribution in [0.25, 0.3) is 6.08 Å². The SMILES string of the molecule is COc1ccc(C(=O)C=Cc2ccc3c(c2)CCC3=O)cc1. The molecule has 0 aliphatic heterocycles. The first-order valence-electron chi connectivity index (χ1n) is 7.20. The summed E-state index contributed by atoms with van der Waals surface area (Å²) in [6.45, 7) is 0. The standard InChI is InChI=1S/C19H16O3/c1-22-16-7-4-14(5-8-16)18(20)10-3-13-2-9-17-15(12-13)6-11-19(17)21/h2-5,7-10,12H,6,11H2,1H3. The molecule has 3 nitrogen and oxygen atoms in total. The van der Waals surface area contributed by atoms with Gasteiger partial charge in [-0.25, -0.2) is 0 Å². The van der Waals surface area contributed by atoms with E-state index < -0.39 is 0 Å². The predicted octanol–water partition coefficient (Wildman–Crippen LogP) is 3.72. The zero-order valence-corrected chi connectivity index (χ0v) is 12.3. The number of rotatable bonds is 4. The minimum atomic E-state index is -0.0563. The van der Waals surface area contributed by atoms with E-state index in [1.54, 1.807) is 43.5 Å². The van der Waals surface area contributed by atoms with Crippen molar-refractivity contribution in [3.8, 4) is 5.75 Å². The molecule has 22 heavy (non-hydrogen) atoms. The molecule has 0 saturated heterocycles. The van der Waals surface area contributed by atoms with Crippen LogP contribution in [0, 0.1) is 0 Å². The quantitative estimate of drug-likeness (QED) is 0.637. The molecule has 1 aliphatic carbocycles. The van der Waals surface area contributed by atoms with E-state index in [-0.39, 0.29) is 11.6 Å². The van der Waals surface area contributed by atoms with Crippen molar-refractivity contribution >= 4 is 17.6 Å². The van der Waals surface area contributed by atoms with Gasteiger partial charge >= 0.3 is 0 Å². The number of ketones is 2. The number of carbonyl (C=O) groups excluding carboxylic acids is 2. The van der Waals surface area contributed by atoms with Crippen LogP contribution in [-0.2, 0) is 6.42 Å². The molecular formula is C19H16O3. The zero-order valence-electron chi connectivity index (χ0n) is 12.3. The second kappa shape index (κ2) is 5.98. The second-order valence-corrected chi connectivity index (χ2v) is 5.27. The summed E-state index contributed by atoms with van der Waals surface area (Å²) in [4.78, 5) is 23.7. The third-order valence-electron chi connectivity index (χ3n) is 3.85. The van der Waals surface area contributed by atoms with Crippen LogP contribution in [0.1, 0.15) is 38.3 Å². The molecule has 2 aromatic carbocycles. The number of carbonyl (C=O) groups is 2. The maximum Gasteiger partial charge on any atom is 0.185 e. The predicted molar refractivity (Wildman–Crippen MR) is 85.5 cm³/mol. The highest BCUT2D eigenvalue weighted by molar-refractivity contribution is 6.07. The van der Waals surface area contributed by atoms with Crippen LogP contribution >= 0.6 is 0 Å². The average Bonchev–Trinajstić information content (AvgIpc) is 2.93. The van der Waals surface area contributed by atoms with Gasteiger partial charge in [0.2, 0.25) is 0 Å². The maximum absolute atomic E-state index is 12.1. The zero-order chi connectivity index (χ0) is 15.5. The van der Waals surface area contributed by atoms with Crippen LogP contribution < -0.4 is 4.74 Å². The molecule has 0 fully saturated rings. The molecule has 0 aromatic heterocycles. The summed E-state index contributed by atoms with van der Waals surface area (Å²) < 4.78 is 5.07. The van der Waals surface area contributed by atoms with Crippen molar-refractivity contribution in [2.45, 2.75) is 12.8 Å². The van der Waals surface area contributed by atoms with E-state index in [2.05, 4.69) is 0 Å². The van der Waals surface area contributed by atoms with E-state index in [4.69, 9.17) is 4.74 Å². The normalized spacial score (nSPS) is 13.4. The average molecular weight is 292 g/mol. The first kappa shape index (κ1) is 14.3. The molecule has 0 radical (unpaired) electrons. The Morgan fingerprint density at radius 2 is 1.86 bits per heavy atom. The molecule has 1 aliphatic rings. The number of aryl methyl sites for hydroxylation is 1. The molecule has 3 rings (SSSR count). The van der Waals surface area contributed by atoms with Crippen molar-refractivity contribution in [1.82, 2.24) is 0 Å². The Morgan fingerprint density at radius 3 is 2.59 bits per heavy atom. The fourth-order valence-electron chi connectivity index (χ4n) is 2.60. The van der Waals surface area contributed by atoms with Crippen molar-refractivity contribution < 1.29 is 14.3 Å². The van der Waals surface area contributed by atoms with E-state index in [0.29, 0.717) is 12.0 Å². The van der Waals surface area contributed by atoms with Gasteiger partial charge in [0.1, 0.15) is 5.75 Å². The third kappa shape index (κ3) is 2.84. The Balaban J connectivity index is 1.76. The molecule has 3 heteroatoms. The van der Waals surface area contributed by atoms with Crippen LogP contribution in [0.3, 0.4) is 0 Å². The van der Waals surface area contributed by atoms with Crippen molar-refractivity contribution in [3.05, 3.63) is 70.8 Å². The van der Waals surface area contributed by atoms with Crippen molar-refractivity contribution in [3.63, 3.8) is 0 Å². The Bertz CT molecular complexity index is 755. The van der Waals surface area contributed by atoms with E-state index >= 15 is 0 Å². The highest BCUT2D eigenvalue weighted by atomic mass is 16.5. The third-order valence-corrected chi connectivity index (χ3v) is 3.85. The smallest absolute Gasteiger partial charge is 0.185 e. The van der Waals surface area contributed by atoms with Gasteiger partial charge in [0, 0.05) is 17.5 Å². The molecule has 110 valence electrons. The molecule has 0 saturated carbocycles. The van der Waals surface area contributed by atoms with Gasteiger partial charge in [-0.15, -0.1) is 0 Å². The van der Waals surface area contributed by atoms with Crippen LogP contribution in [0.5, 0.6) is 5.75 Å². The summed E-state index contributed by atoms with van der Waals surface area (Å²) in [5, 5.41) is 0.